The number of rotatable bonds is 2. The van der Waals surface area contributed by atoms with Crippen molar-refractivity contribution in [2.75, 3.05) is 6.61 Å². The van der Waals surface area contributed by atoms with Gasteiger partial charge in [0.25, 0.3) is 0 Å². The Hall–Kier alpha value is -1.36. The molecule has 0 bridgehead atoms. The van der Waals surface area contributed by atoms with E-state index in [1.165, 1.54) is 0 Å². The number of aliphatic hydroxyl groups is 1. The van der Waals surface area contributed by atoms with Crippen LogP contribution in [-0.4, -0.2) is 20.1 Å². The molecule has 0 radical (unpaired) electrons. The second-order valence-corrected chi connectivity index (χ2v) is 7.71. The van der Waals surface area contributed by atoms with Gasteiger partial charge in [-0.3, -0.25) is 0 Å². The van der Waals surface area contributed by atoms with Crippen LogP contribution in [-0.2, 0) is 16.3 Å². The third-order valence-corrected chi connectivity index (χ3v) is 6.10. The Morgan fingerprint density at radius 2 is 1.76 bits per heavy atom. The molecule has 3 rings (SSSR count). The Balaban J connectivity index is 2.19. The van der Waals surface area contributed by atoms with E-state index in [4.69, 9.17) is 11.6 Å². The first-order chi connectivity index (χ1) is 9.93. The van der Waals surface area contributed by atoms with Gasteiger partial charge in [0, 0.05) is 24.0 Å². The van der Waals surface area contributed by atoms with Crippen molar-refractivity contribution in [2.45, 2.75) is 29.1 Å². The molecule has 5 heteroatoms. The van der Waals surface area contributed by atoms with Crippen LogP contribution in [0.5, 0.6) is 0 Å². The van der Waals surface area contributed by atoms with Crippen molar-refractivity contribution in [1.29, 1.82) is 0 Å². The minimum atomic E-state index is -3.49. The average Bonchev–Trinajstić information content (AvgIpc) is 2.45. The Morgan fingerprint density at radius 1 is 1.14 bits per heavy atom. The summed E-state index contributed by atoms with van der Waals surface area (Å²) in [6.45, 7) is 1.94. The smallest absolute Gasteiger partial charge is 0.207 e. The lowest BCUT2D eigenvalue weighted by Crippen LogP contribution is -2.15. The van der Waals surface area contributed by atoms with E-state index in [1.807, 2.05) is 13.0 Å². The minimum absolute atomic E-state index is 0.0150. The van der Waals surface area contributed by atoms with Gasteiger partial charge in [-0.1, -0.05) is 30.7 Å². The van der Waals surface area contributed by atoms with Crippen LogP contribution in [0.15, 0.2) is 46.2 Å². The lowest BCUT2D eigenvalue weighted by molar-refractivity contribution is 0.273. The van der Waals surface area contributed by atoms with E-state index in [-0.39, 0.29) is 12.5 Å². The van der Waals surface area contributed by atoms with E-state index < -0.39 is 9.84 Å². The molecule has 2 aromatic rings. The molecule has 2 aromatic carbocycles. The van der Waals surface area contributed by atoms with Crippen molar-refractivity contribution >= 4 is 21.4 Å². The van der Waals surface area contributed by atoms with Crippen molar-refractivity contribution < 1.29 is 13.5 Å². The van der Waals surface area contributed by atoms with Gasteiger partial charge in [-0.25, -0.2) is 8.42 Å². The Kier molecular flexibility index (Phi) is 3.56. The van der Waals surface area contributed by atoms with Gasteiger partial charge < -0.3 is 5.11 Å². The predicted octanol–water partition coefficient (Wildman–Crippen LogP) is 3.17. The van der Waals surface area contributed by atoms with Crippen LogP contribution < -0.4 is 0 Å². The van der Waals surface area contributed by atoms with E-state index >= 15 is 0 Å². The van der Waals surface area contributed by atoms with E-state index in [0.717, 1.165) is 16.7 Å². The summed E-state index contributed by atoms with van der Waals surface area (Å²) in [6, 6.07) is 10.2. The molecular formula is C16H15ClO3S. The molecule has 0 aromatic heterocycles. The molecule has 21 heavy (non-hydrogen) atoms. The van der Waals surface area contributed by atoms with E-state index in [0.29, 0.717) is 21.2 Å². The number of benzene rings is 2. The Morgan fingerprint density at radius 3 is 2.43 bits per heavy atom. The molecule has 0 saturated heterocycles. The quantitative estimate of drug-likeness (QED) is 0.788. The summed E-state index contributed by atoms with van der Waals surface area (Å²) in [5.74, 6) is -0.0150. The van der Waals surface area contributed by atoms with Gasteiger partial charge in [0.05, 0.1) is 9.79 Å². The van der Waals surface area contributed by atoms with Crippen molar-refractivity contribution in [3.05, 3.63) is 58.1 Å². The number of fused-ring (bicyclic) bond motifs is 2. The first-order valence-corrected chi connectivity index (χ1v) is 8.57. The average molecular weight is 323 g/mol. The third kappa shape index (κ3) is 2.37. The van der Waals surface area contributed by atoms with Gasteiger partial charge in [-0.05, 0) is 41.0 Å². The standard InChI is InChI=1S/C16H15ClO3S/c1-10(9-18)11-2-4-15-12(6-11)7-13-8-14(17)3-5-16(13)21(15,19)20/h2-6,8,10,18H,7,9H2,1H3. The van der Waals surface area contributed by atoms with Gasteiger partial charge >= 0.3 is 0 Å². The summed E-state index contributed by atoms with van der Waals surface area (Å²) in [4.78, 5) is 0.688. The number of halogens is 1. The fraction of sp³-hybridized carbons (Fsp3) is 0.250. The van der Waals surface area contributed by atoms with Gasteiger partial charge in [0.1, 0.15) is 0 Å². The highest BCUT2D eigenvalue weighted by Gasteiger charge is 2.29. The molecular weight excluding hydrogens is 308 g/mol. The van der Waals surface area contributed by atoms with Crippen LogP contribution in [0.4, 0.5) is 0 Å². The van der Waals surface area contributed by atoms with Crippen LogP contribution in [0, 0.1) is 0 Å². The largest absolute Gasteiger partial charge is 0.396 e. The highest BCUT2D eigenvalue weighted by molar-refractivity contribution is 7.91. The highest BCUT2D eigenvalue weighted by atomic mass is 35.5. The van der Waals surface area contributed by atoms with Crippen molar-refractivity contribution in [1.82, 2.24) is 0 Å². The number of hydrogen-bond donors (Lipinski definition) is 1. The summed E-state index contributed by atoms with van der Waals surface area (Å²) >= 11 is 5.97. The summed E-state index contributed by atoms with van der Waals surface area (Å²) < 4.78 is 25.3. The Bertz CT molecular complexity index is 812. The SMILES string of the molecule is CC(CO)c1ccc2c(c1)Cc1cc(Cl)ccc1S2(=O)=O. The topological polar surface area (TPSA) is 54.4 Å². The van der Waals surface area contributed by atoms with Crippen molar-refractivity contribution in [2.24, 2.45) is 0 Å². The molecule has 1 heterocycles. The second-order valence-electron chi connectivity index (χ2n) is 5.38. The molecule has 0 spiro atoms. The second kappa shape index (κ2) is 5.13. The monoisotopic (exact) mass is 322 g/mol. The maximum Gasteiger partial charge on any atom is 0.207 e. The van der Waals surface area contributed by atoms with Crippen molar-refractivity contribution in [3.63, 3.8) is 0 Å². The zero-order valence-corrected chi connectivity index (χ0v) is 13.1. The van der Waals surface area contributed by atoms with Crippen LogP contribution in [0.2, 0.25) is 5.02 Å². The zero-order valence-electron chi connectivity index (χ0n) is 11.5. The number of sulfone groups is 1. The molecule has 0 aliphatic carbocycles. The summed E-state index contributed by atoms with van der Waals surface area (Å²) in [5.41, 5.74) is 2.43. The zero-order chi connectivity index (χ0) is 15.2. The van der Waals surface area contributed by atoms with Crippen LogP contribution >= 0.6 is 11.6 Å². The molecule has 3 nitrogen and oxygen atoms in total. The van der Waals surface area contributed by atoms with Crippen LogP contribution in [0.1, 0.15) is 29.5 Å². The van der Waals surface area contributed by atoms with E-state index in [2.05, 4.69) is 0 Å². The molecule has 0 saturated carbocycles. The van der Waals surface area contributed by atoms with Gasteiger partial charge in [-0.15, -0.1) is 0 Å². The van der Waals surface area contributed by atoms with Gasteiger partial charge in [0.2, 0.25) is 9.84 Å². The molecule has 1 unspecified atom stereocenters. The first kappa shape index (κ1) is 14.6. The van der Waals surface area contributed by atoms with Crippen molar-refractivity contribution in [3.8, 4) is 0 Å². The molecule has 1 atom stereocenters. The van der Waals surface area contributed by atoms with Crippen LogP contribution in [0.3, 0.4) is 0 Å². The maximum atomic E-state index is 12.7. The van der Waals surface area contributed by atoms with Gasteiger partial charge in [0.15, 0.2) is 0 Å². The lowest BCUT2D eigenvalue weighted by Gasteiger charge is -2.21. The molecule has 1 aliphatic heterocycles. The summed E-state index contributed by atoms with van der Waals surface area (Å²) in [7, 11) is -3.49. The fourth-order valence-corrected chi connectivity index (χ4v) is 4.56. The lowest BCUT2D eigenvalue weighted by atomic mass is 9.96. The summed E-state index contributed by atoms with van der Waals surface area (Å²) in [5, 5.41) is 9.79. The van der Waals surface area contributed by atoms with E-state index in [9.17, 15) is 13.5 Å². The number of hydrogen-bond acceptors (Lipinski definition) is 3. The predicted molar refractivity (Wildman–Crippen MR) is 81.7 cm³/mol. The third-order valence-electron chi connectivity index (χ3n) is 3.91. The van der Waals surface area contributed by atoms with Gasteiger partial charge in [-0.2, -0.15) is 0 Å². The molecule has 1 N–H and O–H groups in total. The molecule has 110 valence electrons. The minimum Gasteiger partial charge on any atom is -0.396 e. The Labute approximate surface area is 129 Å². The highest BCUT2D eigenvalue weighted by Crippen LogP contribution is 2.36. The maximum absolute atomic E-state index is 12.7. The van der Waals surface area contributed by atoms with E-state index in [1.54, 1.807) is 30.3 Å². The fourth-order valence-electron chi connectivity index (χ4n) is 2.68. The number of aliphatic hydroxyl groups excluding tert-OH is 1. The molecule has 1 aliphatic rings. The van der Waals surface area contributed by atoms with Crippen LogP contribution in [0.25, 0.3) is 0 Å². The normalized spacial score (nSPS) is 16.9. The first-order valence-electron chi connectivity index (χ1n) is 6.70. The molecule has 0 fully saturated rings. The molecule has 0 amide bonds. The summed E-state index contributed by atoms with van der Waals surface area (Å²) in [6.07, 6.45) is 0.538.